The van der Waals surface area contributed by atoms with E-state index in [2.05, 4.69) is 627 Å². The third-order valence-corrected chi connectivity index (χ3v) is 25.4. The fourth-order valence-corrected chi connectivity index (χ4v) is 19.0. The molecule has 0 N–H and O–H groups in total. The van der Waals surface area contributed by atoms with Crippen LogP contribution in [0.4, 0.5) is 0 Å². The Hall–Kier alpha value is -13.5. The van der Waals surface area contributed by atoms with Crippen LogP contribution in [0.3, 0.4) is 0 Å². The van der Waals surface area contributed by atoms with Gasteiger partial charge in [-0.1, -0.05) is 647 Å². The Morgan fingerprint density at radius 3 is 0.707 bits per heavy atom. The van der Waals surface area contributed by atoms with Gasteiger partial charge in [0.2, 0.25) is 0 Å². The first-order chi connectivity index (χ1) is 69.2. The van der Waals surface area contributed by atoms with E-state index in [-0.39, 0.29) is 27.1 Å². The summed E-state index contributed by atoms with van der Waals surface area (Å²) >= 11 is 0. The highest BCUT2D eigenvalue weighted by atomic mass is 14.4. The van der Waals surface area contributed by atoms with E-state index in [1.54, 1.807) is 0 Å². The minimum Gasteiger partial charge on any atom is -0.0683 e. The fraction of sp³-hybridized carbons (Fsp3) is 0.293. The predicted octanol–water partition coefficient (Wildman–Crippen LogP) is 44.4. The Morgan fingerprint density at radius 2 is 0.374 bits per heavy atom. The van der Waals surface area contributed by atoms with E-state index in [0.29, 0.717) is 27.1 Å². The van der Waals surface area contributed by atoms with Crippen molar-refractivity contribution in [3.05, 3.63) is 481 Å². The average molecular weight is 1940 g/mol. The van der Waals surface area contributed by atoms with Crippen LogP contribution in [0.2, 0.25) is 0 Å². The molecule has 0 heteroatoms. The first-order valence-electron chi connectivity index (χ1n) is 53.5. The third-order valence-electron chi connectivity index (χ3n) is 25.4. The highest BCUT2D eigenvalue weighted by Gasteiger charge is 2.40. The summed E-state index contributed by atoms with van der Waals surface area (Å²) in [7, 11) is 0. The van der Waals surface area contributed by atoms with Gasteiger partial charge >= 0.3 is 0 Å². The largest absolute Gasteiger partial charge is 0.0683 e. The lowest BCUT2D eigenvalue weighted by Gasteiger charge is -2.23. The summed E-state index contributed by atoms with van der Waals surface area (Å²) in [5.41, 5.74) is 35.0. The Balaban J connectivity index is 0.000000157. The van der Waals surface area contributed by atoms with Gasteiger partial charge in [0, 0.05) is 21.7 Å². The highest BCUT2D eigenvalue weighted by Crippen LogP contribution is 2.55. The van der Waals surface area contributed by atoms with Crippen molar-refractivity contribution < 1.29 is 0 Å². The van der Waals surface area contributed by atoms with Crippen molar-refractivity contribution in [3.8, 4) is 77.9 Å². The van der Waals surface area contributed by atoms with Gasteiger partial charge in [0.25, 0.3) is 0 Å². The SMILES string of the molecule is CC.CC(C)(C)C.CC(C)(C)C.CC(C)(C)C.CC(C)(C)C.CC(C)(C)C.CC(C)(C)c1ccc(-c2ccccc2)cc1.CC1(C)c2ccccc2-c2c1ccc1ccccc21.CC1(C)c2ccccc2-c2cc3ccccc3cc21.CC1(C)c2ccccc2-c2ccc3ccccc3c21.CC1(C)c2ccccc2-c2ccc3ccccc3c21.c1ccc(-c2ccc(-c3ccccc3)cc2)cc1.c1ccc2ccccc2c1. The van der Waals surface area contributed by atoms with E-state index >= 15 is 0 Å². The summed E-state index contributed by atoms with van der Waals surface area (Å²) < 4.78 is 0. The number of hydrogen-bond acceptors (Lipinski definition) is 0. The van der Waals surface area contributed by atoms with E-state index < -0.39 is 0 Å². The molecule has 0 aliphatic heterocycles. The van der Waals surface area contributed by atoms with Crippen LogP contribution in [-0.4, -0.2) is 0 Å². The van der Waals surface area contributed by atoms with Crippen LogP contribution in [-0.2, 0) is 27.1 Å². The van der Waals surface area contributed by atoms with Gasteiger partial charge in [-0.3, -0.25) is 0 Å². The molecule has 0 saturated heterocycles. The monoisotopic (exact) mass is 1940 g/mol. The first-order valence-corrected chi connectivity index (χ1v) is 53.5. The quantitative estimate of drug-likeness (QED) is 0.165. The lowest BCUT2D eigenvalue weighted by Crippen LogP contribution is -2.15. The molecule has 0 heterocycles. The zero-order chi connectivity index (χ0) is 107. The third kappa shape index (κ3) is 31.1. The highest BCUT2D eigenvalue weighted by molar-refractivity contribution is 6.03. The Kier molecular flexibility index (Phi) is 37.8. The number of fused-ring (bicyclic) bond motifs is 20. The van der Waals surface area contributed by atoms with Gasteiger partial charge in [0.15, 0.2) is 0 Å². The molecule has 147 heavy (non-hydrogen) atoms. The summed E-state index contributed by atoms with van der Waals surface area (Å²) in [5.74, 6) is 0. The van der Waals surface area contributed by atoms with Crippen molar-refractivity contribution in [1.82, 2.24) is 0 Å². The lowest BCUT2D eigenvalue weighted by molar-refractivity contribution is 0.469. The smallest absolute Gasteiger partial charge is 0.0165 e. The van der Waals surface area contributed by atoms with E-state index in [1.165, 1.54) is 182 Å². The Bertz CT molecular complexity index is 7060. The van der Waals surface area contributed by atoms with Crippen molar-refractivity contribution in [3.63, 3.8) is 0 Å². The molecule has 0 amide bonds. The van der Waals surface area contributed by atoms with Gasteiger partial charge in [-0.05, 0) is 226 Å². The van der Waals surface area contributed by atoms with E-state index in [1.807, 2.05) is 32.0 Å². The molecule has 0 saturated carbocycles. The van der Waals surface area contributed by atoms with Crippen LogP contribution in [0.25, 0.3) is 132 Å². The van der Waals surface area contributed by atoms with Gasteiger partial charge in [-0.15, -0.1) is 0 Å². The molecule has 4 aliphatic rings. The summed E-state index contributed by atoms with van der Waals surface area (Å²) in [5, 5.41) is 13.4. The molecule has 0 radical (unpaired) electrons. The van der Waals surface area contributed by atoms with E-state index in [9.17, 15) is 0 Å². The molecule has 0 fully saturated rings. The standard InChI is InChI=1S/4C19H16.C18H14.C16H18.C10H8.5C5H12.C2H6/c1-19(2)17-10-6-5-9-15(17)16-11-13-7-3-4-8-14(13)12-18(16)19;2*1-19(2)17-10-6-5-9-15(17)16-12-11-13-7-3-4-8-14(13)18(16)19;1-19(2)16-10-6-5-9-15(16)18-14-8-4-3-7-13(14)11-12-17(18)19;1-3-7-15(8-4-1)17-11-13-18(14-12-17)16-9-5-2-6-10-16;1-16(2,3)15-11-9-14(10-12-15)13-7-5-4-6-8-13;1-2-6-10-8-4-3-7-9(10)5-1;5*1-5(2,3)4;1-2/h4*3-12H,1-2H3;1-14H;4-12H,1-3H3;1-8H;5*1-4H3;1-2H3. The van der Waals surface area contributed by atoms with Crippen LogP contribution in [0.15, 0.2) is 431 Å². The van der Waals surface area contributed by atoms with Crippen LogP contribution >= 0.6 is 0 Å². The molecule has 0 aromatic heterocycles. The van der Waals surface area contributed by atoms with Crippen molar-refractivity contribution in [2.24, 2.45) is 27.1 Å². The van der Waals surface area contributed by atoms with Gasteiger partial charge in [-0.25, -0.2) is 0 Å². The lowest BCUT2D eigenvalue weighted by atomic mass is 9.80. The second kappa shape index (κ2) is 48.9. The Morgan fingerprint density at radius 1 is 0.150 bits per heavy atom. The predicted molar refractivity (Wildman–Crippen MR) is 655 cm³/mol. The minimum atomic E-state index is 0.0901. The maximum atomic E-state index is 2.37. The maximum absolute atomic E-state index is 2.37. The van der Waals surface area contributed by atoms with Crippen LogP contribution in [0.5, 0.6) is 0 Å². The first kappa shape index (κ1) is 114. The topological polar surface area (TPSA) is 0 Å². The maximum Gasteiger partial charge on any atom is 0.0165 e. The molecule has 0 bridgehead atoms. The fourth-order valence-electron chi connectivity index (χ4n) is 19.0. The summed E-state index contributed by atoms with van der Waals surface area (Å²) in [4.78, 5) is 0. The van der Waals surface area contributed by atoms with Crippen molar-refractivity contribution >= 4 is 53.9 Å². The number of benzene rings is 19. The van der Waals surface area contributed by atoms with Crippen LogP contribution in [0, 0.1) is 27.1 Å². The molecular weight excluding hydrogens is 1770 g/mol. The Labute approximate surface area is 888 Å². The number of rotatable bonds is 3. The van der Waals surface area contributed by atoms with Gasteiger partial charge < -0.3 is 0 Å². The molecule has 0 unspecified atom stereocenters. The molecule has 19 aromatic carbocycles. The van der Waals surface area contributed by atoms with Crippen molar-refractivity contribution in [1.29, 1.82) is 0 Å². The average Bonchev–Trinajstić information content (AvgIpc) is 1.59. The summed E-state index contributed by atoms with van der Waals surface area (Å²) in [6.07, 6.45) is 0. The molecular formula is C147H170. The second-order valence-corrected chi connectivity index (χ2v) is 50.4. The molecule has 23 rings (SSSR count). The minimum absolute atomic E-state index is 0.0901. The van der Waals surface area contributed by atoms with E-state index in [4.69, 9.17) is 0 Å². The zero-order valence-corrected chi connectivity index (χ0v) is 95.5. The van der Waals surface area contributed by atoms with Gasteiger partial charge in [0.1, 0.15) is 0 Å². The normalized spacial score (nSPS) is 13.1. The van der Waals surface area contributed by atoms with Crippen molar-refractivity contribution in [2.75, 3.05) is 0 Å². The second-order valence-electron chi connectivity index (χ2n) is 50.4. The molecule has 0 nitrogen and oxygen atoms in total. The van der Waals surface area contributed by atoms with Crippen LogP contribution < -0.4 is 0 Å². The van der Waals surface area contributed by atoms with Crippen LogP contribution in [0.1, 0.15) is 279 Å². The molecule has 0 atom stereocenters. The molecule has 4 aliphatic carbocycles. The van der Waals surface area contributed by atoms with Crippen molar-refractivity contribution in [2.45, 2.75) is 256 Å². The molecule has 19 aromatic rings. The summed E-state index contributed by atoms with van der Waals surface area (Å²) in [6, 6.07) is 154. The number of hydrogen-bond donors (Lipinski definition) is 0. The molecule has 0 spiro atoms. The molecule has 758 valence electrons. The van der Waals surface area contributed by atoms with Gasteiger partial charge in [0.05, 0.1) is 0 Å². The summed E-state index contributed by atoms with van der Waals surface area (Å²) in [6.45, 7) is 73.1. The zero-order valence-electron chi connectivity index (χ0n) is 95.5. The van der Waals surface area contributed by atoms with E-state index in [0.717, 1.165) is 0 Å². The van der Waals surface area contributed by atoms with Gasteiger partial charge in [-0.2, -0.15) is 0 Å².